The summed E-state index contributed by atoms with van der Waals surface area (Å²) in [5.74, 6) is 1.91. The first-order valence-electron chi connectivity index (χ1n) is 6.95. The number of nitrogens with zero attached hydrogens (tertiary/aromatic N) is 4. The Labute approximate surface area is 112 Å². The quantitative estimate of drug-likeness (QED) is 0.907. The summed E-state index contributed by atoms with van der Waals surface area (Å²) in [6.45, 7) is 1.88. The Morgan fingerprint density at radius 3 is 3.16 bits per heavy atom. The monoisotopic (exact) mass is 255 g/mol. The molecule has 0 spiro atoms. The van der Waals surface area contributed by atoms with Gasteiger partial charge in [0, 0.05) is 18.3 Å². The van der Waals surface area contributed by atoms with Gasteiger partial charge in [-0.3, -0.25) is 5.10 Å². The maximum Gasteiger partial charge on any atom is 0.132 e. The molecule has 2 aliphatic rings. The van der Waals surface area contributed by atoms with Crippen molar-refractivity contribution in [3.8, 4) is 0 Å². The topological polar surface area (TPSA) is 57.7 Å². The van der Waals surface area contributed by atoms with E-state index in [9.17, 15) is 0 Å². The maximum atomic E-state index is 4.43. The number of H-pyrrole nitrogens is 1. The fraction of sp³-hybridized carbons (Fsp3) is 0.500. The van der Waals surface area contributed by atoms with Crippen molar-refractivity contribution in [1.82, 2.24) is 20.2 Å². The van der Waals surface area contributed by atoms with E-state index in [1.807, 2.05) is 6.20 Å². The number of nitrogens with one attached hydrogen (secondary N) is 1. The molecule has 0 radical (unpaired) electrons. The lowest BCUT2D eigenvalue weighted by Crippen LogP contribution is -2.30. The fourth-order valence-corrected chi connectivity index (χ4v) is 2.70. The largest absolute Gasteiger partial charge is 0.350 e. The number of hydrogen-bond donors (Lipinski definition) is 1. The minimum absolute atomic E-state index is 0.864. The molecule has 0 saturated heterocycles. The highest BCUT2D eigenvalue weighted by Crippen LogP contribution is 2.32. The molecule has 2 aromatic rings. The number of hydrogen-bond acceptors (Lipinski definition) is 4. The third-order valence-electron chi connectivity index (χ3n) is 4.04. The van der Waals surface area contributed by atoms with Crippen molar-refractivity contribution in [1.29, 1.82) is 0 Å². The van der Waals surface area contributed by atoms with Crippen molar-refractivity contribution in [2.75, 3.05) is 11.4 Å². The van der Waals surface area contributed by atoms with Crippen molar-refractivity contribution in [2.45, 2.75) is 32.2 Å². The van der Waals surface area contributed by atoms with Gasteiger partial charge in [0.2, 0.25) is 0 Å². The Morgan fingerprint density at radius 1 is 1.32 bits per heavy atom. The minimum atomic E-state index is 0.864. The molecular weight excluding hydrogens is 238 g/mol. The third kappa shape index (κ3) is 2.20. The molecule has 2 aromatic heterocycles. The Balaban J connectivity index is 1.55. The summed E-state index contributed by atoms with van der Waals surface area (Å²) < 4.78 is 0. The summed E-state index contributed by atoms with van der Waals surface area (Å²) in [7, 11) is 0. The summed E-state index contributed by atoms with van der Waals surface area (Å²) in [4.78, 5) is 11.1. The van der Waals surface area contributed by atoms with E-state index >= 15 is 0 Å². The second kappa shape index (κ2) is 4.33. The van der Waals surface area contributed by atoms with Crippen molar-refractivity contribution in [2.24, 2.45) is 5.92 Å². The summed E-state index contributed by atoms with van der Waals surface area (Å²) in [6.07, 6.45) is 8.51. The van der Waals surface area contributed by atoms with Crippen LogP contribution in [0.1, 0.15) is 29.8 Å². The molecule has 0 atom stereocenters. The van der Waals surface area contributed by atoms with Gasteiger partial charge in [0.15, 0.2) is 0 Å². The van der Waals surface area contributed by atoms with E-state index in [1.54, 1.807) is 6.33 Å². The van der Waals surface area contributed by atoms with Gasteiger partial charge in [0.25, 0.3) is 0 Å². The molecule has 19 heavy (non-hydrogen) atoms. The van der Waals surface area contributed by atoms with E-state index in [2.05, 4.69) is 31.1 Å². The van der Waals surface area contributed by atoms with Gasteiger partial charge < -0.3 is 4.90 Å². The number of anilines is 1. The van der Waals surface area contributed by atoms with Crippen LogP contribution in [-0.2, 0) is 19.4 Å². The Bertz CT molecular complexity index is 587. The Kier molecular flexibility index (Phi) is 2.50. The lowest BCUT2D eigenvalue weighted by molar-refractivity contribution is 0.702. The van der Waals surface area contributed by atoms with Crippen molar-refractivity contribution in [3.63, 3.8) is 0 Å². The summed E-state index contributed by atoms with van der Waals surface area (Å²) in [6, 6.07) is 2.15. The Hall–Kier alpha value is -1.91. The first-order chi connectivity index (χ1) is 9.38. The van der Waals surface area contributed by atoms with Gasteiger partial charge in [-0.2, -0.15) is 5.10 Å². The van der Waals surface area contributed by atoms with Crippen LogP contribution in [0.3, 0.4) is 0 Å². The number of fused-ring (bicyclic) bond motifs is 1. The predicted octanol–water partition coefficient (Wildman–Crippen LogP) is 1.71. The molecule has 0 aromatic carbocycles. The highest BCUT2D eigenvalue weighted by Gasteiger charge is 2.23. The number of rotatable bonds is 3. The van der Waals surface area contributed by atoms with Crippen LogP contribution in [0.2, 0.25) is 0 Å². The summed E-state index contributed by atoms with van der Waals surface area (Å²) >= 11 is 0. The van der Waals surface area contributed by atoms with Crippen LogP contribution in [0, 0.1) is 5.92 Å². The molecule has 3 heterocycles. The number of aromatic nitrogens is 4. The average Bonchev–Trinajstić information content (AvgIpc) is 3.13. The third-order valence-corrected chi connectivity index (χ3v) is 4.04. The van der Waals surface area contributed by atoms with Gasteiger partial charge in [-0.25, -0.2) is 9.97 Å². The van der Waals surface area contributed by atoms with Gasteiger partial charge in [-0.15, -0.1) is 0 Å². The molecule has 0 bridgehead atoms. The maximum absolute atomic E-state index is 4.43. The van der Waals surface area contributed by atoms with Gasteiger partial charge >= 0.3 is 0 Å². The average molecular weight is 255 g/mol. The van der Waals surface area contributed by atoms with Gasteiger partial charge in [0.05, 0.1) is 18.4 Å². The van der Waals surface area contributed by atoms with E-state index in [0.29, 0.717) is 0 Å². The van der Waals surface area contributed by atoms with Crippen molar-refractivity contribution in [3.05, 3.63) is 35.5 Å². The zero-order valence-corrected chi connectivity index (χ0v) is 10.8. The molecule has 0 unspecified atom stereocenters. The van der Waals surface area contributed by atoms with Crippen LogP contribution in [0.25, 0.3) is 0 Å². The second-order valence-electron chi connectivity index (χ2n) is 5.56. The Morgan fingerprint density at radius 2 is 2.26 bits per heavy atom. The van der Waals surface area contributed by atoms with Gasteiger partial charge in [-0.1, -0.05) is 0 Å². The molecule has 98 valence electrons. The van der Waals surface area contributed by atoms with Crippen LogP contribution < -0.4 is 4.90 Å². The minimum Gasteiger partial charge on any atom is -0.350 e. The molecule has 1 saturated carbocycles. The zero-order valence-electron chi connectivity index (χ0n) is 10.8. The first kappa shape index (κ1) is 11.0. The van der Waals surface area contributed by atoms with Gasteiger partial charge in [0.1, 0.15) is 12.1 Å². The first-order valence-corrected chi connectivity index (χ1v) is 6.95. The van der Waals surface area contributed by atoms with Crippen LogP contribution in [0.15, 0.2) is 18.6 Å². The summed E-state index contributed by atoms with van der Waals surface area (Å²) in [5.41, 5.74) is 3.74. The van der Waals surface area contributed by atoms with E-state index in [4.69, 9.17) is 0 Å². The fourth-order valence-electron chi connectivity index (χ4n) is 2.70. The highest BCUT2D eigenvalue weighted by molar-refractivity contribution is 5.42. The van der Waals surface area contributed by atoms with Crippen LogP contribution in [-0.4, -0.2) is 26.7 Å². The summed E-state index contributed by atoms with van der Waals surface area (Å²) in [5, 5.41) is 7.19. The van der Waals surface area contributed by atoms with E-state index in [-0.39, 0.29) is 0 Å². The normalized spacial score (nSPS) is 18.4. The number of aromatic amines is 1. The zero-order chi connectivity index (χ0) is 12.7. The van der Waals surface area contributed by atoms with E-state index in [0.717, 1.165) is 37.7 Å². The van der Waals surface area contributed by atoms with Crippen LogP contribution in [0.5, 0.6) is 0 Å². The van der Waals surface area contributed by atoms with Crippen LogP contribution in [0.4, 0.5) is 5.82 Å². The molecule has 5 heteroatoms. The lowest BCUT2D eigenvalue weighted by atomic mass is 10.1. The molecule has 5 nitrogen and oxygen atoms in total. The molecule has 1 N–H and O–H groups in total. The lowest BCUT2D eigenvalue weighted by Gasteiger charge is -2.27. The highest BCUT2D eigenvalue weighted by atomic mass is 15.2. The second-order valence-corrected chi connectivity index (χ2v) is 5.56. The molecule has 4 rings (SSSR count). The molecule has 1 aliphatic heterocycles. The van der Waals surface area contributed by atoms with Crippen molar-refractivity contribution < 1.29 is 0 Å². The molecular formula is C14H17N5. The van der Waals surface area contributed by atoms with Gasteiger partial charge in [-0.05, 0) is 37.2 Å². The smallest absolute Gasteiger partial charge is 0.132 e. The van der Waals surface area contributed by atoms with Crippen LogP contribution >= 0.6 is 0 Å². The predicted molar refractivity (Wildman–Crippen MR) is 71.8 cm³/mol. The standard InChI is InChI=1S/C14H17N5/c1-2-10(1)5-12-6-14(16-9-15-12)19-4-3-11-7-17-18-13(11)8-19/h6-7,9-10H,1-5,8H2,(H,17,18). The van der Waals surface area contributed by atoms with E-state index in [1.165, 1.54) is 29.8 Å². The molecule has 1 fully saturated rings. The van der Waals surface area contributed by atoms with Crippen molar-refractivity contribution >= 4 is 5.82 Å². The molecule has 1 aliphatic carbocycles. The van der Waals surface area contributed by atoms with E-state index < -0.39 is 0 Å². The molecule has 0 amide bonds. The SMILES string of the molecule is c1nc(CC2CC2)cc(N2CCc3cn[nH]c3C2)n1.